The van der Waals surface area contributed by atoms with E-state index < -0.39 is 0 Å². The SMILES string of the molecule is CCCOc1ccc(C(C)NCc2ccccc2F)cc1. The molecule has 112 valence electrons. The quantitative estimate of drug-likeness (QED) is 0.811. The Kier molecular flexibility index (Phi) is 5.76. The van der Waals surface area contributed by atoms with Crippen molar-refractivity contribution in [3.05, 3.63) is 65.5 Å². The van der Waals surface area contributed by atoms with Crippen LogP contribution in [-0.2, 0) is 6.54 Å². The van der Waals surface area contributed by atoms with Crippen LogP contribution in [0.5, 0.6) is 5.75 Å². The highest BCUT2D eigenvalue weighted by Gasteiger charge is 2.07. The molecule has 0 aromatic heterocycles. The summed E-state index contributed by atoms with van der Waals surface area (Å²) < 4.78 is 19.1. The minimum absolute atomic E-state index is 0.157. The zero-order chi connectivity index (χ0) is 15.1. The number of halogens is 1. The first-order valence-electron chi connectivity index (χ1n) is 7.40. The lowest BCUT2D eigenvalue weighted by molar-refractivity contribution is 0.317. The second-order valence-corrected chi connectivity index (χ2v) is 5.11. The van der Waals surface area contributed by atoms with Crippen LogP contribution in [0.25, 0.3) is 0 Å². The van der Waals surface area contributed by atoms with Crippen LogP contribution >= 0.6 is 0 Å². The monoisotopic (exact) mass is 287 g/mol. The second kappa shape index (κ2) is 7.79. The highest BCUT2D eigenvalue weighted by molar-refractivity contribution is 5.29. The molecule has 0 bridgehead atoms. The molecule has 0 aliphatic heterocycles. The van der Waals surface area contributed by atoms with Crippen molar-refractivity contribution < 1.29 is 9.13 Å². The topological polar surface area (TPSA) is 21.3 Å². The summed E-state index contributed by atoms with van der Waals surface area (Å²) in [6, 6.07) is 15.1. The normalized spacial score (nSPS) is 12.1. The van der Waals surface area contributed by atoms with Crippen LogP contribution in [0, 0.1) is 5.82 Å². The molecular weight excluding hydrogens is 265 g/mol. The Morgan fingerprint density at radius 1 is 1.10 bits per heavy atom. The van der Waals surface area contributed by atoms with Crippen molar-refractivity contribution in [2.45, 2.75) is 32.9 Å². The fourth-order valence-corrected chi connectivity index (χ4v) is 2.10. The Morgan fingerprint density at radius 3 is 2.48 bits per heavy atom. The molecule has 0 aliphatic rings. The van der Waals surface area contributed by atoms with E-state index in [0.29, 0.717) is 12.1 Å². The number of ether oxygens (including phenoxy) is 1. The van der Waals surface area contributed by atoms with Crippen molar-refractivity contribution in [2.24, 2.45) is 0 Å². The molecule has 0 amide bonds. The third kappa shape index (κ3) is 4.57. The first kappa shape index (κ1) is 15.5. The first-order valence-corrected chi connectivity index (χ1v) is 7.40. The minimum atomic E-state index is -0.166. The number of hydrogen-bond acceptors (Lipinski definition) is 2. The van der Waals surface area contributed by atoms with Gasteiger partial charge < -0.3 is 10.1 Å². The summed E-state index contributed by atoms with van der Waals surface area (Å²) in [5.74, 6) is 0.724. The minimum Gasteiger partial charge on any atom is -0.494 e. The standard InChI is InChI=1S/C18H22FNO/c1-3-12-21-17-10-8-15(9-11-17)14(2)20-13-16-6-4-5-7-18(16)19/h4-11,14,20H,3,12-13H2,1-2H3. The summed E-state index contributed by atoms with van der Waals surface area (Å²) >= 11 is 0. The van der Waals surface area contributed by atoms with E-state index in [1.807, 2.05) is 30.3 Å². The number of rotatable bonds is 7. The van der Waals surface area contributed by atoms with Gasteiger partial charge in [-0.2, -0.15) is 0 Å². The summed E-state index contributed by atoms with van der Waals surface area (Å²) in [4.78, 5) is 0. The number of benzene rings is 2. The van der Waals surface area contributed by atoms with Gasteiger partial charge in [-0.25, -0.2) is 4.39 Å². The molecule has 0 aliphatic carbocycles. The van der Waals surface area contributed by atoms with Crippen LogP contribution in [0.15, 0.2) is 48.5 Å². The van der Waals surface area contributed by atoms with Crippen molar-refractivity contribution in [2.75, 3.05) is 6.61 Å². The molecule has 0 spiro atoms. The Morgan fingerprint density at radius 2 is 1.81 bits per heavy atom. The Bertz CT molecular complexity index is 553. The number of nitrogens with one attached hydrogen (secondary N) is 1. The third-order valence-corrected chi connectivity index (χ3v) is 3.41. The Hall–Kier alpha value is -1.87. The molecule has 2 aromatic rings. The fourth-order valence-electron chi connectivity index (χ4n) is 2.10. The largest absolute Gasteiger partial charge is 0.494 e. The smallest absolute Gasteiger partial charge is 0.127 e. The molecule has 1 unspecified atom stereocenters. The molecule has 2 aromatic carbocycles. The van der Waals surface area contributed by atoms with Crippen LogP contribution < -0.4 is 10.1 Å². The maximum atomic E-state index is 13.6. The van der Waals surface area contributed by atoms with Crippen molar-refractivity contribution in [1.29, 1.82) is 0 Å². The van der Waals surface area contributed by atoms with Gasteiger partial charge in [0.2, 0.25) is 0 Å². The molecule has 1 N–H and O–H groups in total. The van der Waals surface area contributed by atoms with Crippen molar-refractivity contribution in [3.8, 4) is 5.75 Å². The van der Waals surface area contributed by atoms with Gasteiger partial charge in [0.1, 0.15) is 11.6 Å². The van der Waals surface area contributed by atoms with Crippen LogP contribution in [0.4, 0.5) is 4.39 Å². The molecule has 0 radical (unpaired) electrons. The van der Waals surface area contributed by atoms with E-state index in [1.54, 1.807) is 12.1 Å². The van der Waals surface area contributed by atoms with Gasteiger partial charge in [-0.1, -0.05) is 37.3 Å². The summed E-state index contributed by atoms with van der Waals surface area (Å²) in [6.45, 7) is 5.41. The molecule has 2 nitrogen and oxygen atoms in total. The Balaban J connectivity index is 1.91. The highest BCUT2D eigenvalue weighted by atomic mass is 19.1. The molecule has 0 saturated carbocycles. The summed E-state index contributed by atoms with van der Waals surface area (Å²) in [5.41, 5.74) is 1.85. The molecule has 21 heavy (non-hydrogen) atoms. The lowest BCUT2D eigenvalue weighted by Crippen LogP contribution is -2.18. The maximum Gasteiger partial charge on any atom is 0.127 e. The van der Waals surface area contributed by atoms with Crippen LogP contribution in [-0.4, -0.2) is 6.61 Å². The van der Waals surface area contributed by atoms with Crippen molar-refractivity contribution in [1.82, 2.24) is 5.32 Å². The van der Waals surface area contributed by atoms with Gasteiger partial charge in [0.05, 0.1) is 6.61 Å². The van der Waals surface area contributed by atoms with Gasteiger partial charge in [-0.05, 0) is 37.1 Å². The predicted molar refractivity (Wildman–Crippen MR) is 83.9 cm³/mol. The number of hydrogen-bond donors (Lipinski definition) is 1. The highest BCUT2D eigenvalue weighted by Crippen LogP contribution is 2.18. The van der Waals surface area contributed by atoms with Crippen LogP contribution in [0.3, 0.4) is 0 Å². The van der Waals surface area contributed by atoms with Crippen molar-refractivity contribution >= 4 is 0 Å². The van der Waals surface area contributed by atoms with E-state index >= 15 is 0 Å². The van der Waals surface area contributed by atoms with Crippen molar-refractivity contribution in [3.63, 3.8) is 0 Å². The average molecular weight is 287 g/mol. The Labute approximate surface area is 126 Å². The maximum absolute atomic E-state index is 13.6. The van der Waals surface area contributed by atoms with Gasteiger partial charge in [0.25, 0.3) is 0 Å². The van der Waals surface area contributed by atoms with Gasteiger partial charge in [0.15, 0.2) is 0 Å². The van der Waals surface area contributed by atoms with E-state index in [1.165, 1.54) is 6.07 Å². The van der Waals surface area contributed by atoms with E-state index in [-0.39, 0.29) is 11.9 Å². The van der Waals surface area contributed by atoms with Gasteiger partial charge >= 0.3 is 0 Å². The van der Waals surface area contributed by atoms with Crippen LogP contribution in [0.2, 0.25) is 0 Å². The van der Waals surface area contributed by atoms with E-state index in [2.05, 4.69) is 19.2 Å². The summed E-state index contributed by atoms with van der Waals surface area (Å²) in [5, 5.41) is 3.34. The summed E-state index contributed by atoms with van der Waals surface area (Å²) in [6.07, 6.45) is 1.00. The third-order valence-electron chi connectivity index (χ3n) is 3.41. The molecular formula is C18H22FNO. The molecule has 0 saturated heterocycles. The van der Waals surface area contributed by atoms with E-state index in [4.69, 9.17) is 4.74 Å². The van der Waals surface area contributed by atoms with Gasteiger partial charge in [0, 0.05) is 18.2 Å². The molecule has 0 fully saturated rings. The van der Waals surface area contributed by atoms with Gasteiger partial charge in [-0.15, -0.1) is 0 Å². The summed E-state index contributed by atoms with van der Waals surface area (Å²) in [7, 11) is 0. The van der Waals surface area contributed by atoms with E-state index in [9.17, 15) is 4.39 Å². The van der Waals surface area contributed by atoms with Crippen LogP contribution in [0.1, 0.15) is 37.4 Å². The molecule has 3 heteroatoms. The first-order chi connectivity index (χ1) is 10.2. The average Bonchev–Trinajstić information content (AvgIpc) is 2.52. The lowest BCUT2D eigenvalue weighted by atomic mass is 10.1. The van der Waals surface area contributed by atoms with Gasteiger partial charge in [-0.3, -0.25) is 0 Å². The zero-order valence-electron chi connectivity index (χ0n) is 12.6. The molecule has 2 rings (SSSR count). The zero-order valence-corrected chi connectivity index (χ0v) is 12.6. The second-order valence-electron chi connectivity index (χ2n) is 5.11. The molecule has 0 heterocycles. The predicted octanol–water partition coefficient (Wildman–Crippen LogP) is 4.47. The fraction of sp³-hybridized carbons (Fsp3) is 0.333. The van der Waals surface area contributed by atoms with E-state index in [0.717, 1.165) is 24.3 Å². The molecule has 1 atom stereocenters. The lowest BCUT2D eigenvalue weighted by Gasteiger charge is -2.15.